The average molecular weight is 189 g/mol. The van der Waals surface area contributed by atoms with E-state index in [1.807, 2.05) is 0 Å². The van der Waals surface area contributed by atoms with Crippen LogP contribution in [0.3, 0.4) is 0 Å². The molecule has 10 heavy (non-hydrogen) atoms. The second-order valence-electron chi connectivity index (χ2n) is 1.23. The Labute approximate surface area is 59.7 Å². The van der Waals surface area contributed by atoms with Crippen LogP contribution in [0.4, 0.5) is 0 Å². The highest BCUT2D eigenvalue weighted by molar-refractivity contribution is 7.59. The summed E-state index contributed by atoms with van der Waals surface area (Å²) in [5.74, 6) is 0. The molecule has 8 heteroatoms. The van der Waals surface area contributed by atoms with Crippen molar-refractivity contribution in [1.29, 1.82) is 0 Å². The molecule has 2 atom stereocenters. The predicted molar refractivity (Wildman–Crippen MR) is 36.1 cm³/mol. The van der Waals surface area contributed by atoms with Crippen molar-refractivity contribution in [2.75, 3.05) is 14.2 Å². The minimum atomic E-state index is -4.03. The fraction of sp³-hybridized carbons (Fsp3) is 1.00. The lowest BCUT2D eigenvalue weighted by molar-refractivity contribution is 0.241. The fourth-order valence-electron chi connectivity index (χ4n) is 0.172. The zero-order chi connectivity index (χ0) is 8.20. The number of hydrogen-bond acceptors (Lipinski definition) is 5. The fourth-order valence-corrected chi connectivity index (χ4v) is 1.55. The van der Waals surface area contributed by atoms with Gasteiger partial charge >= 0.3 is 7.82 Å². The summed E-state index contributed by atoms with van der Waals surface area (Å²) in [6, 6.07) is 0. The molecule has 0 aromatic rings. The van der Waals surface area contributed by atoms with Crippen molar-refractivity contribution < 1.29 is 23.2 Å². The van der Waals surface area contributed by atoms with Crippen molar-refractivity contribution in [3.05, 3.63) is 0 Å². The first-order valence-electron chi connectivity index (χ1n) is 2.26. The van der Waals surface area contributed by atoms with Gasteiger partial charge in [-0.05, 0) is 7.05 Å². The highest BCUT2D eigenvalue weighted by atomic mass is 31.3. The van der Waals surface area contributed by atoms with E-state index >= 15 is 0 Å². The van der Waals surface area contributed by atoms with E-state index in [9.17, 15) is 4.57 Å². The average Bonchev–Trinajstić information content (AvgIpc) is 1.87. The highest BCUT2D eigenvalue weighted by Gasteiger charge is 2.23. The number of phosphoric ester groups is 1. The second-order valence-corrected chi connectivity index (χ2v) is 4.18. The molecular weight excluding hydrogens is 180 g/mol. The number of rotatable bonds is 4. The third-order valence-electron chi connectivity index (χ3n) is 0.603. The van der Waals surface area contributed by atoms with Crippen molar-refractivity contribution in [2.45, 2.75) is 0 Å². The molecule has 0 radical (unpaired) electrons. The van der Waals surface area contributed by atoms with E-state index in [4.69, 9.17) is 9.79 Å². The lowest BCUT2D eigenvalue weighted by Gasteiger charge is -2.11. The van der Waals surface area contributed by atoms with Crippen LogP contribution in [-0.4, -0.2) is 23.9 Å². The quantitative estimate of drug-likeness (QED) is 0.547. The molecule has 0 bridgehead atoms. The molecule has 0 fully saturated rings. The molecular formula is C2H9NO5P2. The molecule has 0 saturated carbocycles. The van der Waals surface area contributed by atoms with Gasteiger partial charge in [0.1, 0.15) is 0 Å². The van der Waals surface area contributed by atoms with E-state index < -0.39 is 16.3 Å². The minimum absolute atomic E-state index is 1.01. The van der Waals surface area contributed by atoms with E-state index in [2.05, 4.69) is 13.9 Å². The summed E-state index contributed by atoms with van der Waals surface area (Å²) in [7, 11) is -3.69. The van der Waals surface area contributed by atoms with Crippen molar-refractivity contribution in [3.8, 4) is 0 Å². The number of hydrogen-bond donors (Lipinski definition) is 3. The Bertz CT molecular complexity index is 140. The summed E-state index contributed by atoms with van der Waals surface area (Å²) in [5.41, 5.74) is 0. The van der Waals surface area contributed by atoms with Crippen molar-refractivity contribution in [3.63, 3.8) is 0 Å². The Morgan fingerprint density at radius 2 is 2.20 bits per heavy atom. The van der Waals surface area contributed by atoms with Gasteiger partial charge in [-0.25, -0.2) is 8.88 Å². The molecule has 0 aliphatic carbocycles. The molecule has 0 spiro atoms. The molecule has 2 unspecified atom stereocenters. The largest absolute Gasteiger partial charge is 0.478 e. The van der Waals surface area contributed by atoms with Crippen LogP contribution in [0.25, 0.3) is 0 Å². The second kappa shape index (κ2) is 4.36. The van der Waals surface area contributed by atoms with Gasteiger partial charge in [0.25, 0.3) is 8.53 Å². The molecule has 0 aromatic heterocycles. The maximum Gasteiger partial charge on any atom is 0.478 e. The van der Waals surface area contributed by atoms with Crippen LogP contribution in [0.2, 0.25) is 0 Å². The van der Waals surface area contributed by atoms with Gasteiger partial charge in [0, 0.05) is 7.11 Å². The molecule has 62 valence electrons. The normalized spacial score (nSPS) is 20.0. The first kappa shape index (κ1) is 10.5. The first-order chi connectivity index (χ1) is 4.52. The van der Waals surface area contributed by atoms with E-state index in [0.29, 0.717) is 0 Å². The molecule has 0 saturated heterocycles. The van der Waals surface area contributed by atoms with Gasteiger partial charge in [0.05, 0.1) is 0 Å². The molecule has 0 amide bonds. The Hall–Kier alpha value is 0.460. The van der Waals surface area contributed by atoms with Gasteiger partial charge in [-0.2, -0.15) is 0 Å². The van der Waals surface area contributed by atoms with Crippen molar-refractivity contribution in [2.24, 2.45) is 0 Å². The van der Waals surface area contributed by atoms with Crippen LogP contribution >= 0.6 is 16.3 Å². The molecule has 0 heterocycles. The Morgan fingerprint density at radius 3 is 2.50 bits per heavy atom. The summed E-state index contributed by atoms with van der Waals surface area (Å²) in [4.78, 5) is 17.2. The van der Waals surface area contributed by atoms with Gasteiger partial charge in [0.15, 0.2) is 0 Å². The Kier molecular flexibility index (Phi) is 4.56. The van der Waals surface area contributed by atoms with Gasteiger partial charge < -0.3 is 9.79 Å². The monoisotopic (exact) mass is 189 g/mol. The lowest BCUT2D eigenvalue weighted by atomic mass is 11.6. The zero-order valence-corrected chi connectivity index (χ0v) is 7.30. The molecule has 0 aliphatic heterocycles. The highest BCUT2D eigenvalue weighted by Crippen LogP contribution is 2.52. The number of phosphoric acid groups is 1. The summed E-state index contributed by atoms with van der Waals surface area (Å²) in [6.45, 7) is 0. The van der Waals surface area contributed by atoms with Crippen LogP contribution in [-0.2, 0) is 13.4 Å². The lowest BCUT2D eigenvalue weighted by Crippen LogP contribution is -1.99. The van der Waals surface area contributed by atoms with Gasteiger partial charge in [-0.1, -0.05) is 0 Å². The smallest absolute Gasteiger partial charge is 0.338 e. The zero-order valence-electron chi connectivity index (χ0n) is 5.51. The Morgan fingerprint density at radius 1 is 1.70 bits per heavy atom. The molecule has 6 nitrogen and oxygen atoms in total. The standard InChI is InChI=1S/C2H9NO5P2/c1-3-9(4)8-10(5,6)7-2/h3-4H,1-2H3,(H,5,6). The summed E-state index contributed by atoms with van der Waals surface area (Å²) in [6.07, 6.45) is 0. The van der Waals surface area contributed by atoms with Crippen LogP contribution < -0.4 is 5.09 Å². The minimum Gasteiger partial charge on any atom is -0.338 e. The Balaban J connectivity index is 3.77. The molecule has 3 N–H and O–H groups in total. The van der Waals surface area contributed by atoms with Crippen LogP contribution in [0, 0.1) is 0 Å². The van der Waals surface area contributed by atoms with Gasteiger partial charge in [-0.15, -0.1) is 0 Å². The van der Waals surface area contributed by atoms with E-state index in [1.165, 1.54) is 7.05 Å². The maximum atomic E-state index is 10.5. The molecule has 0 aromatic carbocycles. The first-order valence-corrected chi connectivity index (χ1v) is 4.97. The van der Waals surface area contributed by atoms with E-state index in [1.54, 1.807) is 0 Å². The molecule has 0 rings (SSSR count). The van der Waals surface area contributed by atoms with Gasteiger partial charge in [-0.3, -0.25) is 9.61 Å². The van der Waals surface area contributed by atoms with Crippen LogP contribution in [0.5, 0.6) is 0 Å². The van der Waals surface area contributed by atoms with Crippen molar-refractivity contribution in [1.82, 2.24) is 5.09 Å². The third kappa shape index (κ3) is 4.30. The summed E-state index contributed by atoms with van der Waals surface area (Å²) >= 11 is 0. The summed E-state index contributed by atoms with van der Waals surface area (Å²) in [5, 5.41) is 2.24. The molecule has 0 aliphatic rings. The van der Waals surface area contributed by atoms with E-state index in [0.717, 1.165) is 7.11 Å². The third-order valence-corrected chi connectivity index (χ3v) is 2.89. The SMILES string of the molecule is CNP(O)OP(=O)(O)OC. The van der Waals surface area contributed by atoms with Crippen molar-refractivity contribution >= 4 is 16.3 Å². The maximum absolute atomic E-state index is 10.5. The number of nitrogens with one attached hydrogen (secondary N) is 1. The van der Waals surface area contributed by atoms with Crippen LogP contribution in [0.15, 0.2) is 0 Å². The van der Waals surface area contributed by atoms with Crippen LogP contribution in [0.1, 0.15) is 0 Å². The topological polar surface area (TPSA) is 88.0 Å². The predicted octanol–water partition coefficient (Wildman–Crippen LogP) is 0.188. The van der Waals surface area contributed by atoms with Gasteiger partial charge in [0.2, 0.25) is 0 Å². The van der Waals surface area contributed by atoms with E-state index in [-0.39, 0.29) is 0 Å². The summed E-state index contributed by atoms with van der Waals surface area (Å²) < 4.78 is 18.6.